The summed E-state index contributed by atoms with van der Waals surface area (Å²) < 4.78 is 10.7. The number of fused-ring (bicyclic) bond motifs is 11. The van der Waals surface area contributed by atoms with Crippen molar-refractivity contribution in [3.05, 3.63) is 219 Å². The van der Waals surface area contributed by atoms with Crippen molar-refractivity contribution in [3.63, 3.8) is 0 Å². The Bertz CT molecular complexity index is 5200. The standard InChI is InChI=1S/C92H101B2N3O/c1-52-38-54(3)81(67(40-52)91(20,21)22)56-42-76-83-77(43-56)97-73-36-30-60(88(11,12)13)46-65(73)66-47-62(90(17,18)19)49-72(85(66)97)94(83)70-50-71-79(51-75(70)96(76)64-34-28-59(29-35-64)87(8,9)10)98-80-45-57(82-55(4)39-53(2)41-68(82)92(23,24)25)44-78-84(80)93(71)69-48-61(89(14,15)16)31-37-74(69)95(78)63-32-26-58(27-33-63)86(5,6)7/h26-51H,1-25H3. The van der Waals surface area contributed by atoms with Gasteiger partial charge in [-0.25, -0.2) is 0 Å². The lowest BCUT2D eigenvalue weighted by Gasteiger charge is -2.44. The van der Waals surface area contributed by atoms with Gasteiger partial charge >= 0.3 is 0 Å². The minimum atomic E-state index is -0.179. The maximum absolute atomic E-state index is 8.02. The molecular formula is C92H101B2N3O. The first-order valence-corrected chi connectivity index (χ1v) is 36.2. The number of hydrogen-bond donors (Lipinski definition) is 0. The van der Waals surface area contributed by atoms with Crippen molar-refractivity contribution in [2.45, 2.75) is 211 Å². The van der Waals surface area contributed by atoms with Crippen molar-refractivity contribution < 1.29 is 4.74 Å². The molecule has 0 saturated heterocycles. The van der Waals surface area contributed by atoms with Gasteiger partial charge < -0.3 is 19.1 Å². The molecule has 0 amide bonds. The third-order valence-electron chi connectivity index (χ3n) is 22.3. The van der Waals surface area contributed by atoms with E-state index in [-0.39, 0.29) is 51.3 Å². The summed E-state index contributed by atoms with van der Waals surface area (Å²) >= 11 is 0. The normalized spacial score (nSPS) is 14.4. The Kier molecular flexibility index (Phi) is 14.4. The molecule has 0 atom stereocenters. The van der Waals surface area contributed by atoms with Gasteiger partial charge in [0.2, 0.25) is 0 Å². The average molecular weight is 1290 g/mol. The number of rotatable bonds is 4. The molecule has 496 valence electrons. The highest BCUT2D eigenvalue weighted by atomic mass is 16.5. The fraction of sp³-hybridized carbons (Fsp3) is 0.348. The van der Waals surface area contributed by atoms with Crippen molar-refractivity contribution in [1.82, 2.24) is 4.57 Å². The topological polar surface area (TPSA) is 20.6 Å². The van der Waals surface area contributed by atoms with E-state index >= 15 is 0 Å². The highest BCUT2D eigenvalue weighted by Gasteiger charge is 2.49. The van der Waals surface area contributed by atoms with Gasteiger partial charge in [0.05, 0.1) is 5.52 Å². The maximum atomic E-state index is 8.02. The lowest BCUT2D eigenvalue weighted by Crippen LogP contribution is -2.64. The summed E-state index contributed by atoms with van der Waals surface area (Å²) in [5.41, 5.74) is 37.1. The molecule has 11 aromatic rings. The second-order valence-electron chi connectivity index (χ2n) is 37.1. The predicted molar refractivity (Wildman–Crippen MR) is 427 cm³/mol. The van der Waals surface area contributed by atoms with Crippen molar-refractivity contribution in [1.29, 1.82) is 0 Å². The molecule has 0 aliphatic carbocycles. The lowest BCUT2D eigenvalue weighted by atomic mass is 9.30. The second kappa shape index (κ2) is 21.5. The van der Waals surface area contributed by atoms with Crippen LogP contribution in [0.1, 0.15) is 207 Å². The SMILES string of the molecule is Cc1cc(C)c(-c2cc3c4c(c2)N(c2ccc(C(C)(C)C)cc2)c2ccc(C(C)(C)C)cc2B4c2cc4c(cc2O3)N(c2ccc(C(C)(C)C)cc2)c2cc(-c3c(C)cc(C)cc3C(C)(C)C)cc3c2B4c2cc(C(C)(C)C)cc4c5cc(C(C)(C)C)ccc5n-3c24)c(C(C)(C)C)c1. The monoisotopic (exact) mass is 1290 g/mol. The predicted octanol–water partition coefficient (Wildman–Crippen LogP) is 21.5. The molecule has 0 N–H and O–H groups in total. The second-order valence-corrected chi connectivity index (χ2v) is 37.1. The first-order chi connectivity index (χ1) is 45.6. The highest BCUT2D eigenvalue weighted by molar-refractivity contribution is 7.02. The van der Waals surface area contributed by atoms with Crippen LogP contribution in [0.25, 0.3) is 49.7 Å². The first-order valence-electron chi connectivity index (χ1n) is 36.2. The summed E-state index contributed by atoms with van der Waals surface area (Å²) in [4.78, 5) is 5.21. The zero-order chi connectivity index (χ0) is 70.1. The van der Waals surface area contributed by atoms with Gasteiger partial charge in [0.1, 0.15) is 11.5 Å². The average Bonchev–Trinajstić information content (AvgIpc) is 1.37. The van der Waals surface area contributed by atoms with Gasteiger partial charge in [-0.1, -0.05) is 235 Å². The minimum absolute atomic E-state index is 0.0113. The van der Waals surface area contributed by atoms with E-state index in [0.717, 1.165) is 39.8 Å². The maximum Gasteiger partial charge on any atom is 0.256 e. The molecule has 0 unspecified atom stereocenters. The van der Waals surface area contributed by atoms with Gasteiger partial charge in [0.25, 0.3) is 13.4 Å². The van der Waals surface area contributed by atoms with Crippen LogP contribution in [0.5, 0.6) is 11.5 Å². The molecule has 0 fully saturated rings. The van der Waals surface area contributed by atoms with E-state index in [1.54, 1.807) is 0 Å². The molecule has 0 saturated carbocycles. The van der Waals surface area contributed by atoms with E-state index in [0.29, 0.717) is 0 Å². The van der Waals surface area contributed by atoms with Crippen molar-refractivity contribution >= 4 is 102 Å². The molecule has 0 spiro atoms. The third kappa shape index (κ3) is 10.4. The van der Waals surface area contributed by atoms with Crippen molar-refractivity contribution in [2.24, 2.45) is 0 Å². The zero-order valence-corrected chi connectivity index (χ0v) is 63.4. The molecule has 0 radical (unpaired) electrons. The number of benzene rings is 10. The number of aryl methyl sites for hydroxylation is 4. The molecule has 4 aliphatic heterocycles. The van der Waals surface area contributed by atoms with Crippen LogP contribution < -0.4 is 47.3 Å². The molecule has 5 heterocycles. The van der Waals surface area contributed by atoms with Crippen LogP contribution in [-0.2, 0) is 37.9 Å². The van der Waals surface area contributed by atoms with Gasteiger partial charge in [-0.2, -0.15) is 0 Å². The van der Waals surface area contributed by atoms with Gasteiger partial charge in [0, 0.05) is 62.2 Å². The van der Waals surface area contributed by atoms with Crippen LogP contribution in [0.4, 0.5) is 34.1 Å². The Morgan fingerprint density at radius 2 is 0.735 bits per heavy atom. The summed E-state index contributed by atoms with van der Waals surface area (Å²) in [6.45, 7) is 58.3. The van der Waals surface area contributed by atoms with E-state index in [4.69, 9.17) is 4.74 Å². The largest absolute Gasteiger partial charge is 0.458 e. The van der Waals surface area contributed by atoms with Crippen LogP contribution in [0, 0.1) is 27.7 Å². The van der Waals surface area contributed by atoms with Crippen molar-refractivity contribution in [2.75, 3.05) is 9.80 Å². The molecule has 0 bridgehead atoms. The third-order valence-corrected chi connectivity index (χ3v) is 22.3. The summed E-state index contributed by atoms with van der Waals surface area (Å²) in [5, 5.41) is 2.62. The van der Waals surface area contributed by atoms with Crippen LogP contribution in [0.15, 0.2) is 158 Å². The Morgan fingerprint density at radius 3 is 1.26 bits per heavy atom. The van der Waals surface area contributed by atoms with Crippen molar-refractivity contribution in [3.8, 4) is 39.4 Å². The quantitative estimate of drug-likeness (QED) is 0.164. The number of aromatic nitrogens is 1. The number of nitrogens with zero attached hydrogens (tertiary/aromatic N) is 3. The highest BCUT2D eigenvalue weighted by Crippen LogP contribution is 2.51. The van der Waals surface area contributed by atoms with E-state index in [2.05, 4.69) is 345 Å². The van der Waals surface area contributed by atoms with Gasteiger partial charge in [-0.05, 0) is 243 Å². The first kappa shape index (κ1) is 65.5. The van der Waals surface area contributed by atoms with E-state index in [1.807, 2.05) is 0 Å². The number of hydrogen-bond acceptors (Lipinski definition) is 3. The summed E-state index contributed by atoms with van der Waals surface area (Å²) in [7, 11) is 0. The summed E-state index contributed by atoms with van der Waals surface area (Å²) in [5.74, 6) is 1.80. The van der Waals surface area contributed by atoms with Gasteiger partial charge in [0.15, 0.2) is 0 Å². The Labute approximate surface area is 587 Å². The van der Waals surface area contributed by atoms with Crippen LogP contribution in [-0.4, -0.2) is 18.0 Å². The smallest absolute Gasteiger partial charge is 0.256 e. The fourth-order valence-electron chi connectivity index (χ4n) is 17.1. The Morgan fingerprint density at radius 1 is 0.306 bits per heavy atom. The summed E-state index contributed by atoms with van der Waals surface area (Å²) in [6.07, 6.45) is 0. The van der Waals surface area contributed by atoms with Gasteiger partial charge in [-0.3, -0.25) is 0 Å². The van der Waals surface area contributed by atoms with Gasteiger partial charge in [-0.15, -0.1) is 0 Å². The fourth-order valence-corrected chi connectivity index (χ4v) is 17.1. The number of anilines is 6. The van der Waals surface area contributed by atoms with Crippen LogP contribution >= 0.6 is 0 Å². The van der Waals surface area contributed by atoms with Crippen LogP contribution in [0.3, 0.4) is 0 Å². The molecule has 4 aliphatic rings. The Balaban J connectivity index is 1.10. The minimum Gasteiger partial charge on any atom is -0.458 e. The molecular weight excluding hydrogens is 1180 g/mol. The molecule has 1 aromatic heterocycles. The molecule has 15 rings (SSSR count). The zero-order valence-electron chi connectivity index (χ0n) is 63.4. The molecule has 10 aromatic carbocycles. The number of ether oxygens (including phenoxy) is 1. The molecule has 4 nitrogen and oxygen atoms in total. The summed E-state index contributed by atoms with van der Waals surface area (Å²) in [6, 6.07) is 63.8. The molecule has 98 heavy (non-hydrogen) atoms. The van der Waals surface area contributed by atoms with E-state index < -0.39 is 0 Å². The van der Waals surface area contributed by atoms with Crippen LogP contribution in [0.2, 0.25) is 0 Å². The Hall–Kier alpha value is -8.47. The lowest BCUT2D eigenvalue weighted by molar-refractivity contribution is 0.488. The molecule has 6 heteroatoms. The van der Waals surface area contributed by atoms with E-state index in [9.17, 15) is 0 Å². The van der Waals surface area contributed by atoms with E-state index in [1.165, 1.54) is 150 Å².